The van der Waals surface area contributed by atoms with Crippen molar-refractivity contribution in [1.29, 1.82) is 0 Å². The highest BCUT2D eigenvalue weighted by atomic mass is 35.5. The summed E-state index contributed by atoms with van der Waals surface area (Å²) in [6.45, 7) is 3.59. The fraction of sp³-hybridized carbons (Fsp3) is 0.588. The lowest BCUT2D eigenvalue weighted by Crippen LogP contribution is -2.55. The summed E-state index contributed by atoms with van der Waals surface area (Å²) >= 11 is 5.98. The Morgan fingerprint density at radius 2 is 2.23 bits per heavy atom. The molecule has 4 nitrogen and oxygen atoms in total. The summed E-state index contributed by atoms with van der Waals surface area (Å²) in [5.41, 5.74) is 2.24. The molecule has 1 aromatic rings. The van der Waals surface area contributed by atoms with Gasteiger partial charge in [0.15, 0.2) is 0 Å². The van der Waals surface area contributed by atoms with Gasteiger partial charge in [-0.15, -0.1) is 0 Å². The zero-order chi connectivity index (χ0) is 15.7. The van der Waals surface area contributed by atoms with Crippen LogP contribution < -0.4 is 5.32 Å². The van der Waals surface area contributed by atoms with Crippen LogP contribution >= 0.6 is 11.6 Å². The maximum Gasteiger partial charge on any atom is 0.306 e. The molecular formula is C17H22ClNO3. The van der Waals surface area contributed by atoms with E-state index in [-0.39, 0.29) is 11.5 Å². The topological polar surface area (TPSA) is 58.6 Å². The van der Waals surface area contributed by atoms with E-state index in [1.807, 2.05) is 12.1 Å². The predicted octanol–water partition coefficient (Wildman–Crippen LogP) is 3.15. The van der Waals surface area contributed by atoms with E-state index in [9.17, 15) is 4.79 Å². The van der Waals surface area contributed by atoms with Crippen molar-refractivity contribution in [3.05, 3.63) is 34.3 Å². The Bertz CT molecular complexity index is 569. The number of halogens is 1. The summed E-state index contributed by atoms with van der Waals surface area (Å²) in [4.78, 5) is 11.0. The number of hydrogen-bond donors (Lipinski definition) is 2. The molecule has 1 spiro atoms. The Balaban J connectivity index is 1.54. The lowest BCUT2D eigenvalue weighted by Gasteiger charge is -2.50. The average Bonchev–Trinajstić information content (AvgIpc) is 2.44. The molecule has 5 heteroatoms. The second kappa shape index (κ2) is 6.19. The average molecular weight is 324 g/mol. The Kier molecular flexibility index (Phi) is 4.44. The number of aliphatic carboxylic acids is 1. The molecule has 1 atom stereocenters. The molecule has 1 saturated heterocycles. The number of carboxylic acid groups (broad SMARTS) is 1. The van der Waals surface area contributed by atoms with Crippen molar-refractivity contribution in [2.45, 2.75) is 50.8 Å². The van der Waals surface area contributed by atoms with Gasteiger partial charge >= 0.3 is 5.97 Å². The summed E-state index contributed by atoms with van der Waals surface area (Å²) in [5.74, 6) is -0.918. The third kappa shape index (κ3) is 3.29. The van der Waals surface area contributed by atoms with E-state index < -0.39 is 5.97 Å². The van der Waals surface area contributed by atoms with E-state index in [4.69, 9.17) is 21.4 Å². The van der Waals surface area contributed by atoms with Gasteiger partial charge in [-0.3, -0.25) is 4.79 Å². The van der Waals surface area contributed by atoms with Crippen LogP contribution in [-0.2, 0) is 16.1 Å². The lowest BCUT2D eigenvalue weighted by atomic mass is 9.66. The van der Waals surface area contributed by atoms with Gasteiger partial charge in [-0.1, -0.05) is 17.7 Å². The first-order valence-electron chi connectivity index (χ1n) is 7.83. The maximum atomic E-state index is 11.0. The van der Waals surface area contributed by atoms with Crippen LogP contribution in [0.2, 0.25) is 5.02 Å². The molecule has 1 heterocycles. The van der Waals surface area contributed by atoms with Crippen LogP contribution in [0.1, 0.15) is 36.8 Å². The van der Waals surface area contributed by atoms with Crippen molar-refractivity contribution in [2.24, 2.45) is 5.92 Å². The number of carboxylic acids is 1. The maximum absolute atomic E-state index is 11.0. The third-order valence-corrected chi connectivity index (χ3v) is 5.20. The van der Waals surface area contributed by atoms with E-state index in [2.05, 4.69) is 18.3 Å². The van der Waals surface area contributed by atoms with Gasteiger partial charge in [-0.25, -0.2) is 0 Å². The van der Waals surface area contributed by atoms with Gasteiger partial charge in [0.1, 0.15) is 0 Å². The Morgan fingerprint density at radius 1 is 1.45 bits per heavy atom. The molecule has 1 aromatic carbocycles. The van der Waals surface area contributed by atoms with Crippen molar-refractivity contribution < 1.29 is 14.6 Å². The molecule has 120 valence electrons. The number of hydrogen-bond acceptors (Lipinski definition) is 3. The molecule has 0 aromatic heterocycles. The number of aryl methyl sites for hydroxylation is 1. The van der Waals surface area contributed by atoms with E-state index in [1.165, 1.54) is 11.1 Å². The molecule has 1 unspecified atom stereocenters. The molecule has 2 aliphatic rings. The standard InChI is InChI=1S/C17H22ClNO3/c1-11-6-14(18)3-2-12(11)10-19-15-4-5-22-17(9-15)7-13(8-17)16(20)21/h2-3,6,13,15,19H,4-5,7-10H2,1H3,(H,20,21). The molecule has 22 heavy (non-hydrogen) atoms. The summed E-state index contributed by atoms with van der Waals surface area (Å²) in [6.07, 6.45) is 3.19. The van der Waals surface area contributed by atoms with Crippen LogP contribution in [0.3, 0.4) is 0 Å². The highest BCUT2D eigenvalue weighted by Gasteiger charge is 2.51. The lowest BCUT2D eigenvalue weighted by molar-refractivity contribution is -0.181. The zero-order valence-electron chi connectivity index (χ0n) is 12.8. The molecule has 2 fully saturated rings. The van der Waals surface area contributed by atoms with Crippen LogP contribution in [0.4, 0.5) is 0 Å². The molecular weight excluding hydrogens is 302 g/mol. The summed E-state index contributed by atoms with van der Waals surface area (Å²) in [5, 5.41) is 13.4. The minimum atomic E-state index is -0.693. The molecule has 1 saturated carbocycles. The third-order valence-electron chi connectivity index (χ3n) is 4.96. The molecule has 2 N–H and O–H groups in total. The Hall–Kier alpha value is -1.10. The van der Waals surface area contributed by atoms with E-state index in [0.29, 0.717) is 25.5 Å². The predicted molar refractivity (Wildman–Crippen MR) is 85.1 cm³/mol. The van der Waals surface area contributed by atoms with E-state index in [1.54, 1.807) is 0 Å². The summed E-state index contributed by atoms with van der Waals surface area (Å²) < 4.78 is 5.88. The molecule has 0 radical (unpaired) electrons. The van der Waals surface area contributed by atoms with Gasteiger partial charge in [0.25, 0.3) is 0 Å². The first-order chi connectivity index (χ1) is 10.5. The first kappa shape index (κ1) is 15.8. The Labute approximate surface area is 135 Å². The van der Waals surface area contributed by atoms with Crippen LogP contribution in [0, 0.1) is 12.8 Å². The van der Waals surface area contributed by atoms with E-state index in [0.717, 1.165) is 24.4 Å². The zero-order valence-corrected chi connectivity index (χ0v) is 13.5. The van der Waals surface area contributed by atoms with Crippen molar-refractivity contribution in [1.82, 2.24) is 5.32 Å². The van der Waals surface area contributed by atoms with Gasteiger partial charge in [0.2, 0.25) is 0 Å². The number of rotatable bonds is 4. The van der Waals surface area contributed by atoms with Crippen LogP contribution in [0.5, 0.6) is 0 Å². The monoisotopic (exact) mass is 323 g/mol. The van der Waals surface area contributed by atoms with Crippen LogP contribution in [0.15, 0.2) is 18.2 Å². The number of nitrogens with one attached hydrogen (secondary N) is 1. The second-order valence-electron chi connectivity index (χ2n) is 6.62. The van der Waals surface area contributed by atoms with Crippen molar-refractivity contribution in [3.8, 4) is 0 Å². The van der Waals surface area contributed by atoms with Crippen molar-refractivity contribution in [3.63, 3.8) is 0 Å². The normalized spacial score (nSPS) is 31.0. The quantitative estimate of drug-likeness (QED) is 0.893. The molecule has 0 amide bonds. The molecule has 3 rings (SSSR count). The summed E-state index contributed by atoms with van der Waals surface area (Å²) in [6, 6.07) is 6.34. The van der Waals surface area contributed by atoms with Crippen molar-refractivity contribution >= 4 is 17.6 Å². The van der Waals surface area contributed by atoms with Gasteiger partial charge < -0.3 is 15.2 Å². The fourth-order valence-corrected chi connectivity index (χ4v) is 3.84. The largest absolute Gasteiger partial charge is 0.481 e. The van der Waals surface area contributed by atoms with E-state index >= 15 is 0 Å². The SMILES string of the molecule is Cc1cc(Cl)ccc1CNC1CCOC2(C1)CC(C(=O)O)C2. The smallest absolute Gasteiger partial charge is 0.306 e. The van der Waals surface area contributed by atoms with Gasteiger partial charge in [0, 0.05) is 24.2 Å². The van der Waals surface area contributed by atoms with Crippen LogP contribution in [0.25, 0.3) is 0 Å². The first-order valence-corrected chi connectivity index (χ1v) is 8.20. The van der Waals surface area contributed by atoms with Crippen LogP contribution in [-0.4, -0.2) is 29.3 Å². The minimum Gasteiger partial charge on any atom is -0.481 e. The summed E-state index contributed by atoms with van der Waals surface area (Å²) in [7, 11) is 0. The molecule has 1 aliphatic carbocycles. The van der Waals surface area contributed by atoms with Gasteiger partial charge in [0.05, 0.1) is 11.5 Å². The molecule has 1 aliphatic heterocycles. The second-order valence-corrected chi connectivity index (χ2v) is 7.05. The number of carbonyl (C=O) groups is 1. The van der Waals surface area contributed by atoms with Gasteiger partial charge in [-0.05, 0) is 55.9 Å². The highest BCUT2D eigenvalue weighted by molar-refractivity contribution is 6.30. The van der Waals surface area contributed by atoms with Crippen molar-refractivity contribution in [2.75, 3.05) is 6.61 Å². The minimum absolute atomic E-state index is 0.200. The fourth-order valence-electron chi connectivity index (χ4n) is 3.61. The number of ether oxygens (including phenoxy) is 1. The van der Waals surface area contributed by atoms with Gasteiger partial charge in [-0.2, -0.15) is 0 Å². The molecule has 0 bridgehead atoms. The Morgan fingerprint density at radius 3 is 2.91 bits per heavy atom. The highest BCUT2D eigenvalue weighted by Crippen LogP contribution is 2.46. The number of benzene rings is 1.